The lowest BCUT2D eigenvalue weighted by Crippen LogP contribution is -2.56. The fourth-order valence-corrected chi connectivity index (χ4v) is 2.26. The summed E-state index contributed by atoms with van der Waals surface area (Å²) in [5, 5.41) is 5.12. The predicted molar refractivity (Wildman–Crippen MR) is 69.1 cm³/mol. The quantitative estimate of drug-likeness (QED) is 0.873. The van der Waals surface area contributed by atoms with Gasteiger partial charge in [-0.05, 0) is 28.8 Å². The molecule has 1 aromatic rings. The molecule has 1 unspecified atom stereocenters. The maximum Gasteiger partial charge on any atom is 0.237 e. The number of hydrogen-bond acceptors (Lipinski definition) is 4. The number of nitrogens with one attached hydrogen (secondary N) is 1. The molecule has 1 atom stereocenters. The minimum atomic E-state index is -0.698. The normalized spacial score (nSPS) is 15.1. The molecule has 1 rings (SSSR count). The Balaban J connectivity index is 2.68. The molecule has 90 valence electrons. The molecule has 1 aromatic heterocycles. The minimum absolute atomic E-state index is 0.132. The Morgan fingerprint density at radius 3 is 2.75 bits per heavy atom. The number of nitrogens with two attached hydrogens (primary N) is 1. The molecule has 4 nitrogen and oxygen atoms in total. The van der Waals surface area contributed by atoms with Crippen LogP contribution in [0.3, 0.4) is 0 Å². The van der Waals surface area contributed by atoms with E-state index in [0.717, 1.165) is 9.61 Å². The minimum Gasteiger partial charge on any atom is -0.368 e. The predicted octanol–water partition coefficient (Wildman–Crippen LogP) is 1.90. The number of nitrogens with zero attached hydrogens (tertiary/aromatic N) is 1. The summed E-state index contributed by atoms with van der Waals surface area (Å²) in [7, 11) is 0. The van der Waals surface area contributed by atoms with Gasteiger partial charge in [0.05, 0.1) is 11.2 Å². The Labute approximate surface area is 108 Å². The number of primary amides is 1. The van der Waals surface area contributed by atoms with Crippen molar-refractivity contribution < 1.29 is 4.79 Å². The van der Waals surface area contributed by atoms with E-state index in [0.29, 0.717) is 6.54 Å². The Hall–Kier alpha value is -0.460. The van der Waals surface area contributed by atoms with Crippen molar-refractivity contribution in [3.63, 3.8) is 0 Å². The van der Waals surface area contributed by atoms with Crippen molar-refractivity contribution in [2.45, 2.75) is 32.9 Å². The van der Waals surface area contributed by atoms with Gasteiger partial charge in [0.1, 0.15) is 0 Å². The Morgan fingerprint density at radius 1 is 1.75 bits per heavy atom. The van der Waals surface area contributed by atoms with E-state index in [1.165, 1.54) is 11.3 Å². The van der Waals surface area contributed by atoms with Gasteiger partial charge in [0.2, 0.25) is 5.91 Å². The van der Waals surface area contributed by atoms with Crippen molar-refractivity contribution in [2.75, 3.05) is 0 Å². The van der Waals surface area contributed by atoms with Gasteiger partial charge in [0.15, 0.2) is 3.92 Å². The molecule has 0 aliphatic carbocycles. The summed E-state index contributed by atoms with van der Waals surface area (Å²) in [6.45, 7) is 6.30. The van der Waals surface area contributed by atoms with Crippen molar-refractivity contribution in [3.8, 4) is 0 Å². The molecule has 0 spiro atoms. The summed E-state index contributed by atoms with van der Waals surface area (Å²) < 4.78 is 0.842. The molecule has 1 amide bonds. The number of carbonyl (C=O) groups excluding carboxylic acids is 1. The van der Waals surface area contributed by atoms with Gasteiger partial charge in [-0.25, -0.2) is 4.98 Å². The Bertz CT molecular complexity index is 380. The van der Waals surface area contributed by atoms with Crippen LogP contribution in [-0.2, 0) is 11.3 Å². The van der Waals surface area contributed by atoms with Crippen molar-refractivity contribution in [3.05, 3.63) is 15.0 Å². The highest BCUT2D eigenvalue weighted by Crippen LogP contribution is 2.19. The number of hydrogen-bond donors (Lipinski definition) is 2. The molecule has 16 heavy (non-hydrogen) atoms. The Kier molecular flexibility index (Phi) is 4.46. The van der Waals surface area contributed by atoms with Crippen LogP contribution < -0.4 is 11.1 Å². The molecule has 0 aliphatic heterocycles. The van der Waals surface area contributed by atoms with Crippen molar-refractivity contribution in [2.24, 2.45) is 11.7 Å². The first-order valence-corrected chi connectivity index (χ1v) is 6.68. The maximum atomic E-state index is 11.4. The second-order valence-corrected chi connectivity index (χ2v) is 6.30. The van der Waals surface area contributed by atoms with Gasteiger partial charge in [-0.1, -0.05) is 13.8 Å². The highest BCUT2D eigenvalue weighted by molar-refractivity contribution is 9.11. The first-order valence-electron chi connectivity index (χ1n) is 5.01. The van der Waals surface area contributed by atoms with Gasteiger partial charge in [-0.15, -0.1) is 11.3 Å². The molecule has 3 N–H and O–H groups in total. The third kappa shape index (κ3) is 3.02. The first kappa shape index (κ1) is 13.6. The van der Waals surface area contributed by atoms with E-state index in [1.807, 2.05) is 26.2 Å². The number of halogens is 1. The smallest absolute Gasteiger partial charge is 0.237 e. The molecule has 0 aromatic carbocycles. The van der Waals surface area contributed by atoms with E-state index >= 15 is 0 Å². The second kappa shape index (κ2) is 5.25. The fraction of sp³-hybridized carbons (Fsp3) is 0.600. The largest absolute Gasteiger partial charge is 0.368 e. The van der Waals surface area contributed by atoms with Crippen molar-refractivity contribution in [1.82, 2.24) is 10.3 Å². The monoisotopic (exact) mass is 305 g/mol. The average Bonchev–Trinajstić information content (AvgIpc) is 2.60. The highest BCUT2D eigenvalue weighted by atomic mass is 79.9. The average molecular weight is 306 g/mol. The van der Waals surface area contributed by atoms with Gasteiger partial charge < -0.3 is 5.73 Å². The molecule has 6 heteroatoms. The van der Waals surface area contributed by atoms with Crippen LogP contribution in [0.2, 0.25) is 0 Å². The Morgan fingerprint density at radius 2 is 2.38 bits per heavy atom. The number of carbonyl (C=O) groups is 1. The lowest BCUT2D eigenvalue weighted by atomic mass is 9.87. The first-order chi connectivity index (χ1) is 7.36. The number of aromatic nitrogens is 1. The van der Waals surface area contributed by atoms with E-state index in [1.54, 1.807) is 0 Å². The summed E-state index contributed by atoms with van der Waals surface area (Å²) in [6, 6.07) is 0. The second-order valence-electron chi connectivity index (χ2n) is 4.17. The molecule has 1 heterocycles. The molecule has 0 radical (unpaired) electrons. The SMILES string of the molecule is CC(C)C(C)(NCc1csc(Br)n1)C(N)=O. The van der Waals surface area contributed by atoms with Crippen molar-refractivity contribution in [1.29, 1.82) is 0 Å². The van der Waals surface area contributed by atoms with Gasteiger partial charge in [-0.3, -0.25) is 10.1 Å². The zero-order valence-corrected chi connectivity index (χ0v) is 12.0. The van der Waals surface area contributed by atoms with Crippen LogP contribution >= 0.6 is 27.3 Å². The molecule has 0 aliphatic rings. The molecular formula is C10H16BrN3OS. The van der Waals surface area contributed by atoms with E-state index in [4.69, 9.17) is 5.73 Å². The molecule has 0 bridgehead atoms. The van der Waals surface area contributed by atoms with Crippen LogP contribution in [-0.4, -0.2) is 16.4 Å². The maximum absolute atomic E-state index is 11.4. The van der Waals surface area contributed by atoms with Crippen LogP contribution in [0.15, 0.2) is 9.30 Å². The molecule has 0 saturated heterocycles. The molecular weight excluding hydrogens is 290 g/mol. The third-order valence-electron chi connectivity index (χ3n) is 2.83. The zero-order chi connectivity index (χ0) is 12.3. The zero-order valence-electron chi connectivity index (χ0n) is 9.58. The number of rotatable bonds is 5. The van der Waals surface area contributed by atoms with Gasteiger partial charge in [-0.2, -0.15) is 0 Å². The van der Waals surface area contributed by atoms with Gasteiger partial charge >= 0.3 is 0 Å². The molecule has 0 saturated carbocycles. The van der Waals surface area contributed by atoms with E-state index in [-0.39, 0.29) is 11.8 Å². The summed E-state index contributed by atoms with van der Waals surface area (Å²) in [6.07, 6.45) is 0. The van der Waals surface area contributed by atoms with Crippen molar-refractivity contribution >= 4 is 33.2 Å². The third-order valence-corrected chi connectivity index (χ3v) is 4.24. The van der Waals surface area contributed by atoms with E-state index in [9.17, 15) is 4.79 Å². The number of amides is 1. The fourth-order valence-electron chi connectivity index (χ4n) is 1.21. The van der Waals surface area contributed by atoms with Gasteiger partial charge in [0.25, 0.3) is 0 Å². The lowest BCUT2D eigenvalue weighted by molar-refractivity contribution is -0.125. The van der Waals surface area contributed by atoms with Crippen LogP contribution in [0.25, 0.3) is 0 Å². The van der Waals surface area contributed by atoms with Crippen LogP contribution in [0.5, 0.6) is 0 Å². The number of thiazole rings is 1. The molecule has 0 fully saturated rings. The summed E-state index contributed by atoms with van der Waals surface area (Å²) in [5.74, 6) is -0.205. The van der Waals surface area contributed by atoms with Crippen LogP contribution in [0, 0.1) is 5.92 Å². The standard InChI is InChI=1S/C10H16BrN3OS/c1-6(2)10(3,8(12)15)13-4-7-5-16-9(11)14-7/h5-6,13H,4H2,1-3H3,(H2,12,15). The van der Waals surface area contributed by atoms with E-state index in [2.05, 4.69) is 26.2 Å². The topological polar surface area (TPSA) is 68.0 Å². The van der Waals surface area contributed by atoms with Crippen LogP contribution in [0.4, 0.5) is 0 Å². The highest BCUT2D eigenvalue weighted by Gasteiger charge is 2.34. The summed E-state index contributed by atoms with van der Waals surface area (Å²) in [4.78, 5) is 15.7. The summed E-state index contributed by atoms with van der Waals surface area (Å²) in [5.41, 5.74) is 5.62. The van der Waals surface area contributed by atoms with E-state index < -0.39 is 5.54 Å². The lowest BCUT2D eigenvalue weighted by Gasteiger charge is -2.31. The summed E-state index contributed by atoms with van der Waals surface area (Å²) >= 11 is 4.82. The van der Waals surface area contributed by atoms with Crippen LogP contribution in [0.1, 0.15) is 26.5 Å². The van der Waals surface area contributed by atoms with Gasteiger partial charge in [0, 0.05) is 11.9 Å².